The molecule has 0 aromatic heterocycles. The van der Waals surface area contributed by atoms with E-state index in [1.54, 1.807) is 6.07 Å². The van der Waals surface area contributed by atoms with E-state index in [9.17, 15) is 4.39 Å². The third-order valence-corrected chi connectivity index (χ3v) is 2.52. The number of hydrogen-bond donors (Lipinski definition) is 1. The molecular weight excluding hydrogens is 201 g/mol. The van der Waals surface area contributed by atoms with Crippen LogP contribution in [0.1, 0.15) is 30.9 Å². The maximum absolute atomic E-state index is 13.4. The molecule has 0 saturated heterocycles. The fourth-order valence-corrected chi connectivity index (χ4v) is 1.61. The highest BCUT2D eigenvalue weighted by molar-refractivity contribution is 5.24. The predicted octanol–water partition coefficient (Wildman–Crippen LogP) is 3.03. The summed E-state index contributed by atoms with van der Waals surface area (Å²) in [5, 5.41) is 3.18. The third kappa shape index (κ3) is 3.67. The lowest BCUT2D eigenvalue weighted by Gasteiger charge is -2.12. The number of aryl methyl sites for hydroxylation is 1. The Labute approximate surface area is 97.1 Å². The molecule has 0 radical (unpaired) electrons. The number of rotatable bonds is 5. The lowest BCUT2D eigenvalue weighted by atomic mass is 10.1. The number of hydrogen-bond acceptors (Lipinski definition) is 1. The average Bonchev–Trinajstić information content (AvgIpc) is 2.28. The van der Waals surface area contributed by atoms with Gasteiger partial charge in [-0.25, -0.2) is 4.39 Å². The minimum Gasteiger partial charge on any atom is -0.299 e. The highest BCUT2D eigenvalue weighted by atomic mass is 19.1. The van der Waals surface area contributed by atoms with Gasteiger partial charge in [0.25, 0.3) is 0 Å². The summed E-state index contributed by atoms with van der Waals surface area (Å²) in [4.78, 5) is 0. The van der Waals surface area contributed by atoms with Crippen LogP contribution in [-0.4, -0.2) is 6.04 Å². The van der Waals surface area contributed by atoms with Crippen molar-refractivity contribution in [2.45, 2.75) is 39.3 Å². The zero-order valence-electron chi connectivity index (χ0n) is 9.89. The predicted molar refractivity (Wildman–Crippen MR) is 65.5 cm³/mol. The van der Waals surface area contributed by atoms with Gasteiger partial charge in [-0.15, -0.1) is 6.42 Å². The maximum Gasteiger partial charge on any atom is 0.127 e. The molecule has 1 N–H and O–H groups in total. The fraction of sp³-hybridized carbons (Fsp3) is 0.429. The molecule has 16 heavy (non-hydrogen) atoms. The fourth-order valence-electron chi connectivity index (χ4n) is 1.61. The molecule has 0 aliphatic heterocycles. The standard InChI is InChI=1S/C14H18FN/c1-4-6-13(5-2)16-10-12-9-11(3)7-8-14(12)15/h2,7-9,13,16H,4,6,10H2,1,3H3. The van der Waals surface area contributed by atoms with E-state index in [4.69, 9.17) is 6.42 Å². The third-order valence-electron chi connectivity index (χ3n) is 2.52. The summed E-state index contributed by atoms with van der Waals surface area (Å²) < 4.78 is 13.4. The Morgan fingerprint density at radius 1 is 1.50 bits per heavy atom. The molecule has 0 aliphatic rings. The van der Waals surface area contributed by atoms with E-state index in [1.807, 2.05) is 13.0 Å². The Morgan fingerprint density at radius 3 is 2.88 bits per heavy atom. The molecule has 1 aromatic rings. The van der Waals surface area contributed by atoms with E-state index in [1.165, 1.54) is 6.07 Å². The van der Waals surface area contributed by atoms with Gasteiger partial charge in [-0.3, -0.25) is 5.32 Å². The van der Waals surface area contributed by atoms with Gasteiger partial charge in [0.2, 0.25) is 0 Å². The van der Waals surface area contributed by atoms with Crippen LogP contribution in [0.4, 0.5) is 4.39 Å². The molecule has 0 heterocycles. The van der Waals surface area contributed by atoms with Crippen molar-refractivity contribution in [1.82, 2.24) is 5.32 Å². The van der Waals surface area contributed by atoms with Crippen molar-refractivity contribution in [1.29, 1.82) is 0 Å². The normalized spacial score (nSPS) is 12.1. The number of halogens is 1. The van der Waals surface area contributed by atoms with Gasteiger partial charge in [0.15, 0.2) is 0 Å². The second kappa shape index (κ2) is 6.30. The SMILES string of the molecule is C#CC(CCC)NCc1cc(C)ccc1F. The first-order valence-electron chi connectivity index (χ1n) is 5.62. The summed E-state index contributed by atoms with van der Waals surface area (Å²) in [7, 11) is 0. The van der Waals surface area contributed by atoms with E-state index in [0.29, 0.717) is 12.1 Å². The quantitative estimate of drug-likeness (QED) is 0.751. The Morgan fingerprint density at radius 2 is 2.25 bits per heavy atom. The maximum atomic E-state index is 13.4. The molecule has 1 nitrogen and oxygen atoms in total. The van der Waals surface area contributed by atoms with Crippen molar-refractivity contribution in [3.05, 3.63) is 35.1 Å². The first-order chi connectivity index (χ1) is 7.67. The van der Waals surface area contributed by atoms with Crippen LogP contribution >= 0.6 is 0 Å². The molecule has 0 fully saturated rings. The molecule has 86 valence electrons. The molecule has 1 aromatic carbocycles. The van der Waals surface area contributed by atoms with Crippen molar-refractivity contribution < 1.29 is 4.39 Å². The van der Waals surface area contributed by atoms with Gasteiger partial charge in [0.05, 0.1) is 6.04 Å². The lowest BCUT2D eigenvalue weighted by molar-refractivity contribution is 0.539. The second-order valence-electron chi connectivity index (χ2n) is 3.98. The van der Waals surface area contributed by atoms with Crippen molar-refractivity contribution in [2.75, 3.05) is 0 Å². The summed E-state index contributed by atoms with van der Waals surface area (Å²) >= 11 is 0. The van der Waals surface area contributed by atoms with Crippen LogP contribution in [0.3, 0.4) is 0 Å². The zero-order valence-corrected chi connectivity index (χ0v) is 9.89. The van der Waals surface area contributed by atoms with Crippen LogP contribution in [0.2, 0.25) is 0 Å². The Balaban J connectivity index is 2.60. The van der Waals surface area contributed by atoms with E-state index >= 15 is 0 Å². The summed E-state index contributed by atoms with van der Waals surface area (Å²) in [5.74, 6) is 2.50. The monoisotopic (exact) mass is 219 g/mol. The minimum absolute atomic E-state index is 0.0323. The van der Waals surface area contributed by atoms with Crippen molar-refractivity contribution in [2.24, 2.45) is 0 Å². The summed E-state index contributed by atoms with van der Waals surface area (Å²) in [6.45, 7) is 4.52. The minimum atomic E-state index is -0.176. The van der Waals surface area contributed by atoms with Crippen LogP contribution in [0.5, 0.6) is 0 Å². The van der Waals surface area contributed by atoms with Gasteiger partial charge in [-0.2, -0.15) is 0 Å². The Bertz CT molecular complexity index is 379. The Kier molecular flexibility index (Phi) is 5.01. The van der Waals surface area contributed by atoms with Crippen LogP contribution < -0.4 is 5.32 Å². The molecule has 2 heteroatoms. The number of nitrogens with one attached hydrogen (secondary N) is 1. The molecule has 1 unspecified atom stereocenters. The van der Waals surface area contributed by atoms with Crippen LogP contribution in [0.15, 0.2) is 18.2 Å². The lowest BCUT2D eigenvalue weighted by Crippen LogP contribution is -2.27. The summed E-state index contributed by atoms with van der Waals surface area (Å²) in [5.41, 5.74) is 1.74. The van der Waals surface area contributed by atoms with Gasteiger partial charge in [-0.1, -0.05) is 37.0 Å². The summed E-state index contributed by atoms with van der Waals surface area (Å²) in [6.07, 6.45) is 7.33. The second-order valence-corrected chi connectivity index (χ2v) is 3.98. The molecule has 1 rings (SSSR count). The molecule has 0 aliphatic carbocycles. The number of terminal acetylenes is 1. The zero-order chi connectivity index (χ0) is 12.0. The van der Waals surface area contributed by atoms with Gasteiger partial charge in [0, 0.05) is 12.1 Å². The molecule has 0 bridgehead atoms. The highest BCUT2D eigenvalue weighted by Crippen LogP contribution is 2.10. The number of benzene rings is 1. The Hall–Kier alpha value is -1.33. The van der Waals surface area contributed by atoms with Crippen molar-refractivity contribution >= 4 is 0 Å². The smallest absolute Gasteiger partial charge is 0.127 e. The molecule has 0 saturated carbocycles. The van der Waals surface area contributed by atoms with Gasteiger partial charge in [0.1, 0.15) is 5.82 Å². The molecule has 0 spiro atoms. The first-order valence-corrected chi connectivity index (χ1v) is 5.62. The van der Waals surface area contributed by atoms with E-state index in [0.717, 1.165) is 18.4 Å². The van der Waals surface area contributed by atoms with Crippen molar-refractivity contribution in [3.63, 3.8) is 0 Å². The summed E-state index contributed by atoms with van der Waals surface area (Å²) in [6, 6.07) is 5.15. The van der Waals surface area contributed by atoms with Crippen LogP contribution in [0.25, 0.3) is 0 Å². The largest absolute Gasteiger partial charge is 0.299 e. The van der Waals surface area contributed by atoms with E-state index in [-0.39, 0.29) is 11.9 Å². The highest BCUT2D eigenvalue weighted by Gasteiger charge is 2.06. The van der Waals surface area contributed by atoms with Gasteiger partial charge >= 0.3 is 0 Å². The topological polar surface area (TPSA) is 12.0 Å². The van der Waals surface area contributed by atoms with Crippen LogP contribution in [-0.2, 0) is 6.54 Å². The molecule has 1 atom stereocenters. The van der Waals surface area contributed by atoms with E-state index < -0.39 is 0 Å². The molecular formula is C14H18FN. The van der Waals surface area contributed by atoms with Crippen molar-refractivity contribution in [3.8, 4) is 12.3 Å². The van der Waals surface area contributed by atoms with Gasteiger partial charge < -0.3 is 0 Å². The van der Waals surface area contributed by atoms with Crippen LogP contribution in [0, 0.1) is 25.1 Å². The molecule has 0 amide bonds. The van der Waals surface area contributed by atoms with E-state index in [2.05, 4.69) is 18.2 Å². The van der Waals surface area contributed by atoms with Gasteiger partial charge in [-0.05, 0) is 19.4 Å². The first kappa shape index (κ1) is 12.7. The average molecular weight is 219 g/mol.